The number of carbonyl (C=O) groups is 4. The quantitative estimate of drug-likeness (QED) is 0.371. The van der Waals surface area contributed by atoms with E-state index in [1.807, 2.05) is 6.07 Å². The number of carbonyl (C=O) groups excluding carboxylic acids is 4. The van der Waals surface area contributed by atoms with E-state index in [1.54, 1.807) is 78.9 Å². The lowest BCUT2D eigenvalue weighted by Crippen LogP contribution is -2.43. The van der Waals surface area contributed by atoms with Crippen LogP contribution in [-0.4, -0.2) is 41.9 Å². The van der Waals surface area contributed by atoms with Crippen LogP contribution in [0.2, 0.25) is 0 Å². The van der Waals surface area contributed by atoms with Gasteiger partial charge in [-0.3, -0.25) is 14.4 Å². The van der Waals surface area contributed by atoms with Crippen molar-refractivity contribution in [1.82, 2.24) is 5.32 Å². The Morgan fingerprint density at radius 2 is 1.41 bits per heavy atom. The third-order valence-electron chi connectivity index (χ3n) is 4.75. The highest BCUT2D eigenvalue weighted by molar-refractivity contribution is 8.14. The number of hydrogen-bond acceptors (Lipinski definition) is 7. The number of amides is 1. The molecule has 1 N–H and O–H groups in total. The average Bonchev–Trinajstić information content (AvgIpc) is 2.88. The molecular formula is C26H23NO6S. The van der Waals surface area contributed by atoms with Crippen LogP contribution in [0, 0.1) is 0 Å². The van der Waals surface area contributed by atoms with Gasteiger partial charge in [0.05, 0.1) is 12.9 Å². The van der Waals surface area contributed by atoms with E-state index in [-0.39, 0.29) is 23.2 Å². The molecule has 174 valence electrons. The summed E-state index contributed by atoms with van der Waals surface area (Å²) in [4.78, 5) is 48.8. The highest BCUT2D eigenvalue weighted by Crippen LogP contribution is 2.17. The van der Waals surface area contributed by atoms with E-state index < -0.39 is 18.0 Å². The number of benzene rings is 3. The summed E-state index contributed by atoms with van der Waals surface area (Å²) in [6.45, 7) is 0. The van der Waals surface area contributed by atoms with Crippen LogP contribution in [0.5, 0.6) is 5.75 Å². The van der Waals surface area contributed by atoms with Crippen molar-refractivity contribution in [3.8, 4) is 5.75 Å². The Morgan fingerprint density at radius 3 is 2.00 bits per heavy atom. The number of methoxy groups -OCH3 is 1. The average molecular weight is 478 g/mol. The highest BCUT2D eigenvalue weighted by atomic mass is 32.2. The normalized spacial score (nSPS) is 11.2. The fraction of sp³-hybridized carbons (Fsp3) is 0.154. The van der Waals surface area contributed by atoms with Crippen molar-refractivity contribution in [2.24, 2.45) is 0 Å². The van der Waals surface area contributed by atoms with Crippen LogP contribution in [0.1, 0.15) is 26.3 Å². The van der Waals surface area contributed by atoms with Gasteiger partial charge in [0.1, 0.15) is 11.8 Å². The van der Waals surface area contributed by atoms with E-state index in [4.69, 9.17) is 9.47 Å². The van der Waals surface area contributed by atoms with Gasteiger partial charge in [0.2, 0.25) is 5.12 Å². The van der Waals surface area contributed by atoms with Crippen LogP contribution in [-0.2, 0) is 20.7 Å². The maximum Gasteiger partial charge on any atom is 0.328 e. The number of ether oxygens (including phenoxy) is 2. The van der Waals surface area contributed by atoms with E-state index in [9.17, 15) is 19.2 Å². The van der Waals surface area contributed by atoms with Gasteiger partial charge in [-0.05, 0) is 29.8 Å². The van der Waals surface area contributed by atoms with Gasteiger partial charge in [0, 0.05) is 17.5 Å². The van der Waals surface area contributed by atoms with Gasteiger partial charge in [0.15, 0.2) is 0 Å². The molecule has 34 heavy (non-hydrogen) atoms. The lowest BCUT2D eigenvalue weighted by molar-refractivity contribution is -0.142. The maximum absolute atomic E-state index is 12.4. The number of thioether (sulfide) groups is 1. The molecule has 0 unspecified atom stereocenters. The number of hydrogen-bond donors (Lipinski definition) is 1. The summed E-state index contributed by atoms with van der Waals surface area (Å²) in [6, 6.07) is 22.9. The van der Waals surface area contributed by atoms with E-state index >= 15 is 0 Å². The molecule has 0 aliphatic heterocycles. The van der Waals surface area contributed by atoms with Crippen molar-refractivity contribution in [2.45, 2.75) is 12.5 Å². The minimum atomic E-state index is -0.883. The number of esters is 2. The molecule has 0 spiro atoms. The molecular weight excluding hydrogens is 454 g/mol. The maximum atomic E-state index is 12.4. The Labute approximate surface area is 201 Å². The molecule has 0 fully saturated rings. The Kier molecular flexibility index (Phi) is 8.99. The van der Waals surface area contributed by atoms with Crippen LogP contribution in [0.3, 0.4) is 0 Å². The molecule has 3 aromatic carbocycles. The predicted octanol–water partition coefficient (Wildman–Crippen LogP) is 3.68. The van der Waals surface area contributed by atoms with Crippen LogP contribution >= 0.6 is 11.8 Å². The lowest BCUT2D eigenvalue weighted by atomic mass is 10.1. The SMILES string of the molecule is COC(=O)[C@H](Cc1ccc(OC(=O)CSC(=O)c2ccccc2)cc1)NC(=O)c1ccccc1. The van der Waals surface area contributed by atoms with Crippen LogP contribution in [0.4, 0.5) is 0 Å². The first kappa shape index (κ1) is 24.7. The second-order valence-corrected chi connectivity index (χ2v) is 8.13. The molecule has 3 aromatic rings. The van der Waals surface area contributed by atoms with Crippen molar-refractivity contribution >= 4 is 34.7 Å². The van der Waals surface area contributed by atoms with E-state index in [2.05, 4.69) is 5.32 Å². The number of rotatable bonds is 9. The summed E-state index contributed by atoms with van der Waals surface area (Å²) >= 11 is 0.873. The summed E-state index contributed by atoms with van der Waals surface area (Å²) in [6.07, 6.45) is 0.195. The molecule has 3 rings (SSSR count). The molecule has 8 heteroatoms. The molecule has 0 aliphatic carbocycles. The molecule has 0 aromatic heterocycles. The summed E-state index contributed by atoms with van der Waals surface area (Å²) < 4.78 is 10.1. The van der Waals surface area contributed by atoms with E-state index in [0.29, 0.717) is 16.9 Å². The zero-order valence-corrected chi connectivity index (χ0v) is 19.2. The fourth-order valence-electron chi connectivity index (χ4n) is 3.04. The standard InChI is InChI=1S/C26H23NO6S/c1-32-25(30)22(27-24(29)19-8-4-2-5-9-19)16-18-12-14-21(15-13-18)33-23(28)17-34-26(31)20-10-6-3-7-11-20/h2-15,22H,16-17H2,1H3,(H,27,29)/t22-/m0/s1. The van der Waals surface area contributed by atoms with E-state index in [1.165, 1.54) is 7.11 Å². The van der Waals surface area contributed by atoms with Gasteiger partial charge in [0.25, 0.3) is 5.91 Å². The van der Waals surface area contributed by atoms with Gasteiger partial charge in [-0.1, -0.05) is 72.4 Å². The third kappa shape index (κ3) is 7.31. The Bertz CT molecular complexity index is 1130. The molecule has 7 nitrogen and oxygen atoms in total. The molecule has 0 bridgehead atoms. The Hall–Kier alpha value is -3.91. The van der Waals surface area contributed by atoms with Crippen LogP contribution in [0.15, 0.2) is 84.9 Å². The smallest absolute Gasteiger partial charge is 0.328 e. The van der Waals surface area contributed by atoms with Crippen LogP contribution in [0.25, 0.3) is 0 Å². The van der Waals surface area contributed by atoms with Crippen molar-refractivity contribution in [2.75, 3.05) is 12.9 Å². The van der Waals surface area contributed by atoms with Gasteiger partial charge in [-0.25, -0.2) is 4.79 Å². The van der Waals surface area contributed by atoms with Crippen molar-refractivity contribution in [1.29, 1.82) is 0 Å². The summed E-state index contributed by atoms with van der Waals surface area (Å²) in [5.74, 6) is -1.32. The first-order valence-electron chi connectivity index (χ1n) is 10.4. The van der Waals surface area contributed by atoms with Gasteiger partial charge >= 0.3 is 11.9 Å². The van der Waals surface area contributed by atoms with Crippen LogP contribution < -0.4 is 10.1 Å². The van der Waals surface area contributed by atoms with Crippen molar-refractivity contribution in [3.63, 3.8) is 0 Å². The fourth-order valence-corrected chi connectivity index (χ4v) is 3.65. The van der Waals surface area contributed by atoms with Crippen molar-refractivity contribution in [3.05, 3.63) is 102 Å². The third-order valence-corrected chi connectivity index (χ3v) is 5.63. The molecule has 0 radical (unpaired) electrons. The van der Waals surface area contributed by atoms with Crippen molar-refractivity contribution < 1.29 is 28.7 Å². The Balaban J connectivity index is 1.54. The van der Waals surface area contributed by atoms with E-state index in [0.717, 1.165) is 17.3 Å². The molecule has 0 saturated carbocycles. The largest absolute Gasteiger partial charge is 0.467 e. The van der Waals surface area contributed by atoms with Gasteiger partial charge in [-0.15, -0.1) is 0 Å². The molecule has 1 amide bonds. The second kappa shape index (κ2) is 12.4. The monoisotopic (exact) mass is 477 g/mol. The Morgan fingerprint density at radius 1 is 0.824 bits per heavy atom. The second-order valence-electron chi connectivity index (χ2n) is 7.18. The molecule has 0 saturated heterocycles. The topological polar surface area (TPSA) is 98.8 Å². The summed E-state index contributed by atoms with van der Waals surface area (Å²) in [5, 5.41) is 2.48. The molecule has 0 heterocycles. The minimum Gasteiger partial charge on any atom is -0.467 e. The summed E-state index contributed by atoms with van der Waals surface area (Å²) in [7, 11) is 1.26. The summed E-state index contributed by atoms with van der Waals surface area (Å²) in [5.41, 5.74) is 1.68. The lowest BCUT2D eigenvalue weighted by Gasteiger charge is -2.17. The minimum absolute atomic E-state index is 0.120. The first-order chi connectivity index (χ1) is 16.5. The van der Waals surface area contributed by atoms with Gasteiger partial charge < -0.3 is 14.8 Å². The molecule has 1 atom stereocenters. The predicted molar refractivity (Wildman–Crippen MR) is 129 cm³/mol. The van der Waals surface area contributed by atoms with Gasteiger partial charge in [-0.2, -0.15) is 0 Å². The highest BCUT2D eigenvalue weighted by Gasteiger charge is 2.22. The first-order valence-corrected chi connectivity index (χ1v) is 11.4. The molecule has 0 aliphatic rings. The number of nitrogens with one attached hydrogen (secondary N) is 1. The zero-order valence-electron chi connectivity index (χ0n) is 18.4. The zero-order chi connectivity index (χ0) is 24.3.